The Balaban J connectivity index is 1.45. The lowest BCUT2D eigenvalue weighted by Gasteiger charge is -2.30. The molecule has 1 heterocycles. The number of hydrogen-bond acceptors (Lipinski definition) is 5. The van der Waals surface area contributed by atoms with Crippen molar-refractivity contribution in [3.63, 3.8) is 0 Å². The van der Waals surface area contributed by atoms with Gasteiger partial charge in [-0.2, -0.15) is 5.10 Å². The largest absolute Gasteiger partial charge is 0.301 e. The first-order valence-electron chi connectivity index (χ1n) is 9.67. The number of anilines is 1. The average Bonchev–Trinajstić information content (AvgIpc) is 2.77. The van der Waals surface area contributed by atoms with Crippen LogP contribution < -0.4 is 15.6 Å². The van der Waals surface area contributed by atoms with Crippen LogP contribution in [0.15, 0.2) is 71.8 Å². The van der Waals surface area contributed by atoms with Crippen molar-refractivity contribution in [1.82, 2.24) is 10.7 Å². The molecule has 0 saturated carbocycles. The third-order valence-electron chi connectivity index (χ3n) is 4.93. The van der Waals surface area contributed by atoms with Gasteiger partial charge in [-0.05, 0) is 52.8 Å². The maximum atomic E-state index is 12.9. The molecule has 2 N–H and O–H groups in total. The summed E-state index contributed by atoms with van der Waals surface area (Å²) in [5.74, 6) is -2.80. The second-order valence-electron chi connectivity index (χ2n) is 7.05. The molecule has 1 saturated heterocycles. The average molecular weight is 465 g/mol. The van der Waals surface area contributed by atoms with Gasteiger partial charge in [0.05, 0.1) is 12.1 Å². The third-order valence-corrected chi connectivity index (χ3v) is 5.47. The van der Waals surface area contributed by atoms with E-state index in [0.717, 1.165) is 22.6 Å². The molecule has 0 bridgehead atoms. The fourth-order valence-corrected chi connectivity index (χ4v) is 3.82. The highest BCUT2D eigenvalue weighted by Gasteiger charge is 2.38. The number of benzene rings is 3. The number of carbonyl (C=O) groups is 3. The Morgan fingerprint density at radius 2 is 1.81 bits per heavy atom. The second kappa shape index (κ2) is 9.25. The quantitative estimate of drug-likeness (QED) is 0.262. The second-order valence-corrected chi connectivity index (χ2v) is 7.87. The predicted octanol–water partition coefficient (Wildman–Crippen LogP) is 3.20. The summed E-state index contributed by atoms with van der Waals surface area (Å²) in [5.41, 5.74) is 3.70. The van der Waals surface area contributed by atoms with Crippen LogP contribution >= 0.6 is 23.8 Å². The molecule has 32 heavy (non-hydrogen) atoms. The normalized spacial score (nSPS) is 16.5. The topological polar surface area (TPSA) is 90.9 Å². The molecule has 1 fully saturated rings. The Hall–Kier alpha value is -3.62. The van der Waals surface area contributed by atoms with Gasteiger partial charge in [0.15, 0.2) is 11.0 Å². The summed E-state index contributed by atoms with van der Waals surface area (Å²) in [6, 6.07) is 19.9. The van der Waals surface area contributed by atoms with Gasteiger partial charge < -0.3 is 5.32 Å². The fourth-order valence-electron chi connectivity index (χ4n) is 3.40. The van der Waals surface area contributed by atoms with E-state index in [1.165, 1.54) is 4.90 Å². The number of halogens is 1. The summed E-state index contributed by atoms with van der Waals surface area (Å²) in [6.45, 7) is 0. The first-order valence-corrected chi connectivity index (χ1v) is 10.5. The number of amides is 3. The van der Waals surface area contributed by atoms with Gasteiger partial charge in [-0.3, -0.25) is 19.3 Å². The lowest BCUT2D eigenvalue weighted by molar-refractivity contribution is -0.130. The Labute approximate surface area is 194 Å². The molecule has 0 aliphatic carbocycles. The molecule has 0 aromatic heterocycles. The summed E-state index contributed by atoms with van der Waals surface area (Å²) in [7, 11) is 0. The number of thiocarbonyl (C=S) groups is 1. The van der Waals surface area contributed by atoms with Gasteiger partial charge in [-0.1, -0.05) is 54.1 Å². The fraction of sp³-hybridized carbons (Fsp3) is 0.0870. The zero-order chi connectivity index (χ0) is 22.7. The zero-order valence-corrected chi connectivity index (χ0v) is 18.2. The molecule has 1 aliphatic rings. The molecule has 0 radical (unpaired) electrons. The maximum absolute atomic E-state index is 12.9. The van der Waals surface area contributed by atoms with Crippen molar-refractivity contribution < 1.29 is 14.4 Å². The Bertz CT molecular complexity index is 1250. The monoisotopic (exact) mass is 464 g/mol. The highest BCUT2D eigenvalue weighted by atomic mass is 35.5. The molecule has 4 rings (SSSR count). The van der Waals surface area contributed by atoms with E-state index in [1.54, 1.807) is 24.3 Å². The molecule has 3 aromatic carbocycles. The van der Waals surface area contributed by atoms with Gasteiger partial charge in [0.1, 0.15) is 0 Å². The van der Waals surface area contributed by atoms with Gasteiger partial charge in [-0.15, -0.1) is 0 Å². The van der Waals surface area contributed by atoms with Crippen LogP contribution in [0.2, 0.25) is 5.02 Å². The minimum atomic E-state index is -1.24. The molecule has 1 aliphatic heterocycles. The third kappa shape index (κ3) is 4.51. The number of rotatable bonds is 5. The molecular formula is C23H17ClN4O3S. The molecule has 9 heteroatoms. The van der Waals surface area contributed by atoms with Gasteiger partial charge >= 0.3 is 0 Å². The predicted molar refractivity (Wildman–Crippen MR) is 127 cm³/mol. The minimum absolute atomic E-state index is 0.0352. The van der Waals surface area contributed by atoms with Crippen molar-refractivity contribution in [2.45, 2.75) is 6.42 Å². The summed E-state index contributed by atoms with van der Waals surface area (Å²) >= 11 is 11.0. The molecule has 3 amide bonds. The molecule has 7 nitrogen and oxygen atoms in total. The van der Waals surface area contributed by atoms with Crippen LogP contribution in [0.3, 0.4) is 0 Å². The van der Waals surface area contributed by atoms with E-state index in [2.05, 4.69) is 15.8 Å². The van der Waals surface area contributed by atoms with Crippen LogP contribution in [0.4, 0.5) is 5.69 Å². The highest BCUT2D eigenvalue weighted by molar-refractivity contribution is 7.80. The Morgan fingerprint density at radius 3 is 2.59 bits per heavy atom. The van der Waals surface area contributed by atoms with E-state index in [9.17, 15) is 14.4 Å². The Kier molecular flexibility index (Phi) is 6.25. The van der Waals surface area contributed by atoms with Crippen LogP contribution in [0.1, 0.15) is 5.56 Å². The van der Waals surface area contributed by atoms with Crippen molar-refractivity contribution in [2.75, 3.05) is 4.90 Å². The first-order chi connectivity index (χ1) is 15.4. The number of nitrogens with one attached hydrogen (secondary N) is 2. The lowest BCUT2D eigenvalue weighted by atomic mass is 10.0. The standard InChI is InChI=1S/C23H17ClN4O3S/c24-16-8-10-17(11-9-16)28-22(31)19(21(30)26-23(28)32)13-25-27-20(29)12-15-6-3-5-14-4-1-2-7-18(14)15/h1-11,13,19H,12H2,(H,27,29)(H,26,30,32)/b25-13-/t19-/m0/s1. The highest BCUT2D eigenvalue weighted by Crippen LogP contribution is 2.22. The van der Waals surface area contributed by atoms with E-state index >= 15 is 0 Å². The molecule has 3 aromatic rings. The van der Waals surface area contributed by atoms with E-state index in [1.807, 2.05) is 42.5 Å². The summed E-state index contributed by atoms with van der Waals surface area (Å²) < 4.78 is 0. The van der Waals surface area contributed by atoms with Gasteiger partial charge in [0.25, 0.3) is 5.91 Å². The van der Waals surface area contributed by atoms with Crippen LogP contribution in [0.25, 0.3) is 10.8 Å². The zero-order valence-electron chi connectivity index (χ0n) is 16.6. The molecule has 1 atom stereocenters. The van der Waals surface area contributed by atoms with E-state index in [4.69, 9.17) is 23.8 Å². The van der Waals surface area contributed by atoms with Crippen LogP contribution in [-0.4, -0.2) is 29.0 Å². The number of fused-ring (bicyclic) bond motifs is 1. The molecule has 160 valence electrons. The van der Waals surface area contributed by atoms with Crippen LogP contribution in [0, 0.1) is 5.92 Å². The summed E-state index contributed by atoms with van der Waals surface area (Å²) in [4.78, 5) is 38.7. The van der Waals surface area contributed by atoms with Gasteiger partial charge in [0.2, 0.25) is 11.8 Å². The summed E-state index contributed by atoms with van der Waals surface area (Å²) in [6.07, 6.45) is 1.20. The maximum Gasteiger partial charge on any atom is 0.251 e. The van der Waals surface area contributed by atoms with Crippen LogP contribution in [0.5, 0.6) is 0 Å². The lowest BCUT2D eigenvalue weighted by Crippen LogP contribution is -2.58. The van der Waals surface area contributed by atoms with Crippen molar-refractivity contribution in [3.05, 3.63) is 77.3 Å². The van der Waals surface area contributed by atoms with Gasteiger partial charge in [0, 0.05) is 11.2 Å². The number of carbonyl (C=O) groups excluding carboxylic acids is 3. The van der Waals surface area contributed by atoms with Gasteiger partial charge in [-0.25, -0.2) is 5.43 Å². The number of nitrogens with zero attached hydrogens (tertiary/aromatic N) is 2. The molecule has 0 spiro atoms. The van der Waals surface area contributed by atoms with Crippen molar-refractivity contribution in [3.8, 4) is 0 Å². The van der Waals surface area contributed by atoms with E-state index in [0.29, 0.717) is 10.7 Å². The van der Waals surface area contributed by atoms with E-state index in [-0.39, 0.29) is 17.4 Å². The van der Waals surface area contributed by atoms with Crippen LogP contribution in [-0.2, 0) is 20.8 Å². The Morgan fingerprint density at radius 1 is 1.09 bits per heavy atom. The summed E-state index contributed by atoms with van der Waals surface area (Å²) in [5, 5.41) is 8.80. The van der Waals surface area contributed by atoms with Crippen molar-refractivity contribution in [1.29, 1.82) is 0 Å². The molecular weight excluding hydrogens is 448 g/mol. The number of hydrogen-bond donors (Lipinski definition) is 2. The SMILES string of the molecule is O=C(Cc1cccc2ccccc12)N/N=C\[C@H]1C(=O)NC(=S)N(c2ccc(Cl)cc2)C1=O. The minimum Gasteiger partial charge on any atom is -0.301 e. The first kappa shape index (κ1) is 21.6. The molecule has 0 unspecified atom stereocenters. The van der Waals surface area contributed by atoms with Crippen molar-refractivity contribution in [2.24, 2.45) is 11.0 Å². The smallest absolute Gasteiger partial charge is 0.251 e. The number of hydrazone groups is 1. The van der Waals surface area contributed by atoms with E-state index < -0.39 is 17.7 Å². The van der Waals surface area contributed by atoms with Crippen molar-refractivity contribution >= 4 is 69.3 Å².